The molecular formula is C34H38N4O6. The molecule has 10 heteroatoms. The summed E-state index contributed by atoms with van der Waals surface area (Å²) in [5, 5.41) is 2.29. The average Bonchev–Trinajstić information content (AvgIpc) is 3.05. The number of primary amides is 2. The van der Waals surface area contributed by atoms with Crippen molar-refractivity contribution >= 4 is 12.1 Å². The first-order chi connectivity index (χ1) is 21.5. The number of hydroxylamine groups is 4. The highest BCUT2D eigenvalue weighted by atomic mass is 16.7. The van der Waals surface area contributed by atoms with Gasteiger partial charge in [0.15, 0.2) is 0 Å². The van der Waals surface area contributed by atoms with Crippen LogP contribution in [-0.4, -0.2) is 35.4 Å². The third-order valence-corrected chi connectivity index (χ3v) is 6.53. The van der Waals surface area contributed by atoms with Gasteiger partial charge in [0.25, 0.3) is 0 Å². The van der Waals surface area contributed by atoms with E-state index < -0.39 is 12.1 Å². The molecule has 0 aromatic heterocycles. The second kappa shape index (κ2) is 17.2. The van der Waals surface area contributed by atoms with E-state index in [-0.39, 0.29) is 26.3 Å². The third-order valence-electron chi connectivity index (χ3n) is 6.53. The number of nitrogens with two attached hydrogens (primary N) is 2. The molecule has 0 saturated carbocycles. The Balaban J connectivity index is 1.11. The zero-order valence-corrected chi connectivity index (χ0v) is 24.5. The number of hydrogen-bond donors (Lipinski definition) is 2. The number of carbonyl (C=O) groups is 2. The molecule has 0 saturated heterocycles. The molecule has 4 rings (SSSR count). The van der Waals surface area contributed by atoms with E-state index in [0.717, 1.165) is 56.7 Å². The topological polar surface area (TPSA) is 130 Å². The smallest absolute Gasteiger partial charge is 0.339 e. The van der Waals surface area contributed by atoms with Crippen LogP contribution in [0, 0.1) is 0 Å². The van der Waals surface area contributed by atoms with E-state index in [1.807, 2.05) is 109 Å². The first-order valence-corrected chi connectivity index (χ1v) is 14.4. The van der Waals surface area contributed by atoms with Gasteiger partial charge in [-0.1, -0.05) is 84.9 Å². The molecule has 0 atom stereocenters. The monoisotopic (exact) mass is 598 g/mol. The summed E-state index contributed by atoms with van der Waals surface area (Å²) in [6.07, 6.45) is 1.63. The SMILES string of the molecule is NC(=O)N(Cc1ccc(OCCCCOc2ccc(CN(OCc3ccccc3)C(N)=O)cc2)cc1)OCc1ccccc1. The number of carbonyl (C=O) groups excluding carboxylic acids is 2. The number of benzene rings is 4. The molecule has 4 aromatic carbocycles. The van der Waals surface area contributed by atoms with Gasteiger partial charge in [0.1, 0.15) is 24.7 Å². The molecule has 10 nitrogen and oxygen atoms in total. The number of urea groups is 2. The van der Waals surface area contributed by atoms with E-state index in [9.17, 15) is 9.59 Å². The van der Waals surface area contributed by atoms with Crippen LogP contribution in [0.15, 0.2) is 109 Å². The van der Waals surface area contributed by atoms with E-state index >= 15 is 0 Å². The Morgan fingerprint density at radius 3 is 1.20 bits per heavy atom. The van der Waals surface area contributed by atoms with Gasteiger partial charge in [0.2, 0.25) is 0 Å². The van der Waals surface area contributed by atoms with Gasteiger partial charge >= 0.3 is 12.1 Å². The van der Waals surface area contributed by atoms with Crippen molar-refractivity contribution in [3.63, 3.8) is 0 Å². The lowest BCUT2D eigenvalue weighted by Gasteiger charge is -2.20. The summed E-state index contributed by atoms with van der Waals surface area (Å²) in [7, 11) is 0. The number of ether oxygens (including phenoxy) is 2. The van der Waals surface area contributed by atoms with Gasteiger partial charge in [-0.3, -0.25) is 9.68 Å². The summed E-state index contributed by atoms with van der Waals surface area (Å²) in [5.74, 6) is 1.47. The van der Waals surface area contributed by atoms with Crippen LogP contribution >= 0.6 is 0 Å². The summed E-state index contributed by atoms with van der Waals surface area (Å²) in [6.45, 7) is 2.04. The predicted molar refractivity (Wildman–Crippen MR) is 166 cm³/mol. The van der Waals surface area contributed by atoms with Gasteiger partial charge < -0.3 is 20.9 Å². The standard InChI is InChI=1S/C34H38N4O6/c35-33(39)37(43-25-29-9-3-1-4-10-29)23-27-13-17-31(18-14-27)41-21-7-8-22-42-32-19-15-28(16-20-32)24-38(34(36)40)44-26-30-11-5-2-6-12-30/h1-6,9-20H,7-8,21-26H2,(H2,35,39)(H2,36,40). The second-order valence-electron chi connectivity index (χ2n) is 9.96. The Bertz CT molecular complexity index is 1310. The first-order valence-electron chi connectivity index (χ1n) is 14.4. The maximum absolute atomic E-state index is 11.8. The molecule has 0 spiro atoms. The highest BCUT2D eigenvalue weighted by Gasteiger charge is 2.13. The Morgan fingerprint density at radius 2 is 0.864 bits per heavy atom. The maximum atomic E-state index is 11.8. The maximum Gasteiger partial charge on any atom is 0.339 e. The Labute approximate surface area is 257 Å². The van der Waals surface area contributed by atoms with Crippen molar-refractivity contribution < 1.29 is 28.7 Å². The molecule has 0 radical (unpaired) electrons. The van der Waals surface area contributed by atoms with Crippen LogP contribution in [0.1, 0.15) is 35.1 Å². The molecule has 0 heterocycles. The molecule has 0 bridgehead atoms. The van der Waals surface area contributed by atoms with Crippen LogP contribution in [-0.2, 0) is 36.0 Å². The van der Waals surface area contributed by atoms with Gasteiger partial charge in [-0.05, 0) is 59.4 Å². The number of rotatable bonds is 17. The zero-order valence-electron chi connectivity index (χ0n) is 24.5. The number of nitrogens with zero attached hydrogens (tertiary/aromatic N) is 2. The largest absolute Gasteiger partial charge is 0.494 e. The van der Waals surface area contributed by atoms with Crippen molar-refractivity contribution in [1.29, 1.82) is 0 Å². The third kappa shape index (κ3) is 11.0. The lowest BCUT2D eigenvalue weighted by Crippen LogP contribution is -2.35. The predicted octanol–water partition coefficient (Wildman–Crippen LogP) is 5.95. The Kier molecular flexibility index (Phi) is 12.4. The summed E-state index contributed by atoms with van der Waals surface area (Å²) in [6, 6.07) is 32.8. The van der Waals surface area contributed by atoms with Crippen molar-refractivity contribution in [2.45, 2.75) is 39.1 Å². The molecule has 4 amide bonds. The van der Waals surface area contributed by atoms with E-state index in [0.29, 0.717) is 13.2 Å². The van der Waals surface area contributed by atoms with Crippen molar-refractivity contribution in [3.8, 4) is 11.5 Å². The fourth-order valence-corrected chi connectivity index (χ4v) is 4.13. The fourth-order valence-electron chi connectivity index (χ4n) is 4.13. The summed E-state index contributed by atoms with van der Waals surface area (Å²) >= 11 is 0. The van der Waals surface area contributed by atoms with E-state index in [1.165, 1.54) is 0 Å². The van der Waals surface area contributed by atoms with Crippen LogP contribution in [0.3, 0.4) is 0 Å². The van der Waals surface area contributed by atoms with Crippen LogP contribution < -0.4 is 20.9 Å². The Morgan fingerprint density at radius 1 is 0.500 bits per heavy atom. The molecule has 44 heavy (non-hydrogen) atoms. The molecule has 0 fully saturated rings. The minimum absolute atomic E-state index is 0.228. The Hall–Kier alpha value is -5.06. The minimum Gasteiger partial charge on any atom is -0.494 e. The zero-order chi connectivity index (χ0) is 31.0. The summed E-state index contributed by atoms with van der Waals surface area (Å²) < 4.78 is 11.7. The molecule has 4 aromatic rings. The quantitative estimate of drug-likeness (QED) is 0.114. The summed E-state index contributed by atoms with van der Waals surface area (Å²) in [5.41, 5.74) is 14.6. The fraction of sp³-hybridized carbons (Fsp3) is 0.235. The lowest BCUT2D eigenvalue weighted by molar-refractivity contribution is -0.132. The van der Waals surface area contributed by atoms with E-state index in [4.69, 9.17) is 30.6 Å². The molecule has 0 aliphatic carbocycles. The van der Waals surface area contributed by atoms with Gasteiger partial charge in [0, 0.05) is 0 Å². The molecule has 230 valence electrons. The number of unbranched alkanes of at least 4 members (excludes halogenated alkanes) is 1. The van der Waals surface area contributed by atoms with Crippen molar-refractivity contribution in [3.05, 3.63) is 131 Å². The normalized spacial score (nSPS) is 10.6. The van der Waals surface area contributed by atoms with Crippen molar-refractivity contribution in [2.75, 3.05) is 13.2 Å². The van der Waals surface area contributed by atoms with E-state index in [1.54, 1.807) is 0 Å². The molecular weight excluding hydrogens is 560 g/mol. The molecule has 0 unspecified atom stereocenters. The molecule has 4 N–H and O–H groups in total. The van der Waals surface area contributed by atoms with Gasteiger partial charge in [-0.25, -0.2) is 9.59 Å². The number of hydrogen-bond acceptors (Lipinski definition) is 6. The lowest BCUT2D eigenvalue weighted by atomic mass is 10.2. The summed E-state index contributed by atoms with van der Waals surface area (Å²) in [4.78, 5) is 34.8. The van der Waals surface area contributed by atoms with Crippen molar-refractivity contribution in [1.82, 2.24) is 10.1 Å². The highest BCUT2D eigenvalue weighted by Crippen LogP contribution is 2.17. The second-order valence-corrected chi connectivity index (χ2v) is 9.96. The van der Waals surface area contributed by atoms with Crippen LogP contribution in [0.2, 0.25) is 0 Å². The van der Waals surface area contributed by atoms with Gasteiger partial charge in [0.05, 0.1) is 26.3 Å². The molecule has 0 aliphatic heterocycles. The minimum atomic E-state index is -0.654. The van der Waals surface area contributed by atoms with Crippen LogP contribution in [0.25, 0.3) is 0 Å². The highest BCUT2D eigenvalue weighted by molar-refractivity contribution is 5.71. The first kappa shape index (κ1) is 31.9. The number of amides is 4. The van der Waals surface area contributed by atoms with Gasteiger partial charge in [-0.2, -0.15) is 10.1 Å². The van der Waals surface area contributed by atoms with E-state index in [2.05, 4.69) is 0 Å². The van der Waals surface area contributed by atoms with Crippen LogP contribution in [0.5, 0.6) is 11.5 Å². The molecule has 0 aliphatic rings. The average molecular weight is 599 g/mol. The van der Waals surface area contributed by atoms with Crippen LogP contribution in [0.4, 0.5) is 9.59 Å². The van der Waals surface area contributed by atoms with Gasteiger partial charge in [-0.15, -0.1) is 0 Å². The van der Waals surface area contributed by atoms with Crippen molar-refractivity contribution in [2.24, 2.45) is 11.5 Å².